The van der Waals surface area contributed by atoms with Crippen LogP contribution in [0, 0.1) is 0 Å². The van der Waals surface area contributed by atoms with Crippen LogP contribution in [0.4, 0.5) is 0 Å². The molecule has 4 nitrogen and oxygen atoms in total. The molecule has 0 bridgehead atoms. The van der Waals surface area contributed by atoms with Crippen molar-refractivity contribution in [3.8, 4) is 0 Å². The molecule has 0 saturated heterocycles. The van der Waals surface area contributed by atoms with E-state index >= 15 is 0 Å². The van der Waals surface area contributed by atoms with Crippen molar-refractivity contribution in [2.24, 2.45) is 0 Å². The summed E-state index contributed by atoms with van der Waals surface area (Å²) in [5.74, 6) is -1.31. The Balaban J connectivity index is 2.37. The number of rotatable bonds is 4. The SMILES string of the molecule is O=C(O)CNC(=O)Cc1ccc(Br)s1. The Hall–Kier alpha value is -0.880. The number of carbonyl (C=O) groups is 2. The van der Waals surface area contributed by atoms with Crippen molar-refractivity contribution in [3.05, 3.63) is 20.8 Å². The number of halogens is 1. The van der Waals surface area contributed by atoms with E-state index in [-0.39, 0.29) is 18.9 Å². The zero-order valence-electron chi connectivity index (χ0n) is 7.12. The number of hydrogen-bond acceptors (Lipinski definition) is 3. The molecular formula is C8H8BrNO3S. The number of aliphatic carboxylic acids is 1. The molecule has 6 heteroatoms. The van der Waals surface area contributed by atoms with Crippen LogP contribution in [-0.4, -0.2) is 23.5 Å². The van der Waals surface area contributed by atoms with Gasteiger partial charge in [-0.1, -0.05) is 0 Å². The lowest BCUT2D eigenvalue weighted by Crippen LogP contribution is -2.30. The molecule has 2 N–H and O–H groups in total. The summed E-state index contributed by atoms with van der Waals surface area (Å²) >= 11 is 4.74. The normalized spacial score (nSPS) is 9.79. The lowest BCUT2D eigenvalue weighted by molar-refractivity contribution is -0.137. The Morgan fingerprint density at radius 2 is 2.21 bits per heavy atom. The van der Waals surface area contributed by atoms with E-state index in [0.717, 1.165) is 8.66 Å². The molecule has 1 amide bonds. The van der Waals surface area contributed by atoms with E-state index in [0.29, 0.717) is 0 Å². The molecule has 1 heterocycles. The molecule has 1 rings (SSSR count). The minimum atomic E-state index is -1.04. The Kier molecular flexibility index (Phi) is 4.09. The van der Waals surface area contributed by atoms with Crippen molar-refractivity contribution in [1.29, 1.82) is 0 Å². The number of carbonyl (C=O) groups excluding carboxylic acids is 1. The third-order valence-corrected chi connectivity index (χ3v) is 3.02. The van der Waals surface area contributed by atoms with E-state index in [2.05, 4.69) is 21.2 Å². The van der Waals surface area contributed by atoms with Crippen molar-refractivity contribution in [2.75, 3.05) is 6.54 Å². The molecule has 0 aliphatic rings. The smallest absolute Gasteiger partial charge is 0.322 e. The third kappa shape index (κ3) is 3.89. The van der Waals surface area contributed by atoms with E-state index < -0.39 is 5.97 Å². The second-order valence-corrected chi connectivity index (χ2v) is 5.10. The van der Waals surface area contributed by atoms with Crippen LogP contribution < -0.4 is 5.32 Å². The van der Waals surface area contributed by atoms with Crippen molar-refractivity contribution < 1.29 is 14.7 Å². The molecule has 0 unspecified atom stereocenters. The van der Waals surface area contributed by atoms with Gasteiger partial charge in [-0.15, -0.1) is 11.3 Å². The standard InChI is InChI=1S/C8H8BrNO3S/c9-6-2-1-5(14-6)3-7(11)10-4-8(12)13/h1-2H,3-4H2,(H,10,11)(H,12,13). The number of amides is 1. The highest BCUT2D eigenvalue weighted by Gasteiger charge is 2.06. The predicted octanol–water partition coefficient (Wildman–Crippen LogP) is 1.25. The Morgan fingerprint density at radius 1 is 1.50 bits per heavy atom. The fourth-order valence-electron chi connectivity index (χ4n) is 0.842. The van der Waals surface area contributed by atoms with Gasteiger partial charge in [0.15, 0.2) is 0 Å². The van der Waals surface area contributed by atoms with Crippen molar-refractivity contribution in [2.45, 2.75) is 6.42 Å². The molecule has 0 saturated carbocycles. The third-order valence-electron chi connectivity index (χ3n) is 1.40. The fraction of sp³-hybridized carbons (Fsp3) is 0.250. The van der Waals surface area contributed by atoms with Crippen LogP contribution in [0.5, 0.6) is 0 Å². The van der Waals surface area contributed by atoms with Crippen LogP contribution in [0.3, 0.4) is 0 Å². The van der Waals surface area contributed by atoms with Crippen LogP contribution in [0.15, 0.2) is 15.9 Å². The summed E-state index contributed by atoms with van der Waals surface area (Å²) in [6.07, 6.45) is 0.226. The first-order chi connectivity index (χ1) is 6.58. The largest absolute Gasteiger partial charge is 0.480 e. The van der Waals surface area contributed by atoms with Gasteiger partial charge >= 0.3 is 5.97 Å². The number of carboxylic acid groups (broad SMARTS) is 1. The maximum atomic E-state index is 11.1. The van der Waals surface area contributed by atoms with Crippen molar-refractivity contribution >= 4 is 39.1 Å². The second kappa shape index (κ2) is 5.11. The first-order valence-corrected chi connectivity index (χ1v) is 5.41. The van der Waals surface area contributed by atoms with E-state index in [4.69, 9.17) is 5.11 Å². The Labute approximate surface area is 93.1 Å². The molecular weight excluding hydrogens is 270 g/mol. The highest BCUT2D eigenvalue weighted by Crippen LogP contribution is 2.22. The van der Waals surface area contributed by atoms with E-state index in [1.54, 1.807) is 0 Å². The molecule has 0 aliphatic heterocycles. The van der Waals surface area contributed by atoms with Crippen LogP contribution in [0.1, 0.15) is 4.88 Å². The number of thiophene rings is 1. The van der Waals surface area contributed by atoms with Crippen LogP contribution in [0.2, 0.25) is 0 Å². The van der Waals surface area contributed by atoms with Gasteiger partial charge in [-0.05, 0) is 28.1 Å². The lowest BCUT2D eigenvalue weighted by Gasteiger charge is -1.99. The molecule has 1 aromatic heterocycles. The average molecular weight is 278 g/mol. The van der Waals surface area contributed by atoms with E-state index in [1.807, 2.05) is 12.1 Å². The first-order valence-electron chi connectivity index (χ1n) is 3.80. The van der Waals surface area contributed by atoms with Gasteiger partial charge in [0.2, 0.25) is 5.91 Å². The minimum absolute atomic E-state index is 0.226. The molecule has 76 valence electrons. The molecule has 0 radical (unpaired) electrons. The maximum Gasteiger partial charge on any atom is 0.322 e. The molecule has 0 aromatic carbocycles. The van der Waals surface area contributed by atoms with Gasteiger partial charge in [0.05, 0.1) is 10.2 Å². The topological polar surface area (TPSA) is 66.4 Å². The van der Waals surface area contributed by atoms with Gasteiger partial charge < -0.3 is 10.4 Å². The van der Waals surface area contributed by atoms with Crippen molar-refractivity contribution in [1.82, 2.24) is 5.32 Å². The summed E-state index contributed by atoms with van der Waals surface area (Å²) in [7, 11) is 0. The monoisotopic (exact) mass is 277 g/mol. The van der Waals surface area contributed by atoms with Gasteiger partial charge in [0, 0.05) is 4.88 Å². The molecule has 1 aromatic rings. The zero-order valence-corrected chi connectivity index (χ0v) is 9.52. The zero-order chi connectivity index (χ0) is 10.6. The summed E-state index contributed by atoms with van der Waals surface area (Å²) in [6, 6.07) is 3.68. The summed E-state index contributed by atoms with van der Waals surface area (Å²) < 4.78 is 0.957. The highest BCUT2D eigenvalue weighted by molar-refractivity contribution is 9.11. The average Bonchev–Trinajstić information content (AvgIpc) is 2.48. The maximum absolute atomic E-state index is 11.1. The lowest BCUT2D eigenvalue weighted by atomic mass is 10.3. The fourth-order valence-corrected chi connectivity index (χ4v) is 2.32. The van der Waals surface area contributed by atoms with Gasteiger partial charge in [0.1, 0.15) is 6.54 Å². The Bertz CT molecular complexity index is 350. The van der Waals surface area contributed by atoms with Gasteiger partial charge in [-0.2, -0.15) is 0 Å². The van der Waals surface area contributed by atoms with E-state index in [9.17, 15) is 9.59 Å². The highest BCUT2D eigenvalue weighted by atomic mass is 79.9. The minimum Gasteiger partial charge on any atom is -0.480 e. The first kappa shape index (κ1) is 11.2. The van der Waals surface area contributed by atoms with Gasteiger partial charge in [-0.3, -0.25) is 9.59 Å². The molecule has 14 heavy (non-hydrogen) atoms. The van der Waals surface area contributed by atoms with Crippen LogP contribution in [-0.2, 0) is 16.0 Å². The number of hydrogen-bond donors (Lipinski definition) is 2. The molecule has 0 aliphatic carbocycles. The summed E-state index contributed by atoms with van der Waals surface area (Å²) in [6.45, 7) is -0.328. The second-order valence-electron chi connectivity index (χ2n) is 2.55. The number of nitrogens with one attached hydrogen (secondary N) is 1. The van der Waals surface area contributed by atoms with Gasteiger partial charge in [0.25, 0.3) is 0 Å². The van der Waals surface area contributed by atoms with Crippen LogP contribution in [0.25, 0.3) is 0 Å². The summed E-state index contributed by atoms with van der Waals surface area (Å²) in [5, 5.41) is 10.6. The predicted molar refractivity (Wildman–Crippen MR) is 56.4 cm³/mol. The van der Waals surface area contributed by atoms with Crippen LogP contribution >= 0.6 is 27.3 Å². The van der Waals surface area contributed by atoms with Gasteiger partial charge in [-0.25, -0.2) is 0 Å². The molecule has 0 spiro atoms. The summed E-state index contributed by atoms with van der Waals surface area (Å²) in [5.41, 5.74) is 0. The summed E-state index contributed by atoms with van der Waals surface area (Å²) in [4.78, 5) is 22.2. The molecule has 0 fully saturated rings. The Morgan fingerprint density at radius 3 is 2.71 bits per heavy atom. The van der Waals surface area contributed by atoms with Crippen molar-refractivity contribution in [3.63, 3.8) is 0 Å². The quantitative estimate of drug-likeness (QED) is 0.871. The molecule has 0 atom stereocenters. The van der Waals surface area contributed by atoms with E-state index in [1.165, 1.54) is 11.3 Å². The number of carboxylic acids is 1.